The van der Waals surface area contributed by atoms with Crippen LogP contribution in [0.25, 0.3) is 5.41 Å². The van der Waals surface area contributed by atoms with Crippen LogP contribution >= 0.6 is 12.2 Å². The third-order valence-corrected chi connectivity index (χ3v) is 3.82. The van der Waals surface area contributed by atoms with Gasteiger partial charge in [0.1, 0.15) is 25.0 Å². The molecule has 0 saturated carbocycles. The number of aryl methyl sites for hydroxylation is 1. The highest BCUT2D eigenvalue weighted by atomic mass is 32.1. The fourth-order valence-electron chi connectivity index (χ4n) is 2.57. The van der Waals surface area contributed by atoms with Gasteiger partial charge in [0, 0.05) is 6.08 Å². The summed E-state index contributed by atoms with van der Waals surface area (Å²) in [5.74, 6) is -0.329. The van der Waals surface area contributed by atoms with Crippen LogP contribution in [0.15, 0.2) is 31.4 Å². The Morgan fingerprint density at radius 2 is 1.96 bits per heavy atom. The molecule has 1 atom stereocenters. The number of nitrogens with zero attached hydrogens (tertiary/aromatic N) is 3. The first-order chi connectivity index (χ1) is 12.1. The molecule has 1 aromatic rings. The smallest absolute Gasteiger partial charge is 0.330 e. The van der Waals surface area contributed by atoms with E-state index in [1.165, 1.54) is 49.8 Å². The van der Waals surface area contributed by atoms with E-state index < -0.39 is 0 Å². The van der Waals surface area contributed by atoms with Gasteiger partial charge in [-0.15, -0.1) is 0 Å². The lowest BCUT2D eigenvalue weighted by atomic mass is 10.1. The van der Waals surface area contributed by atoms with E-state index in [0.717, 1.165) is 12.8 Å². The van der Waals surface area contributed by atoms with Crippen molar-refractivity contribution in [3.05, 3.63) is 36.8 Å². The van der Waals surface area contributed by atoms with Crippen LogP contribution in [0.2, 0.25) is 0 Å². The van der Waals surface area contributed by atoms with Crippen LogP contribution in [0.4, 0.5) is 0 Å². The molecule has 0 saturated heterocycles. The lowest BCUT2D eigenvalue weighted by Crippen LogP contribution is -2.26. The first-order valence-electron chi connectivity index (χ1n) is 8.92. The van der Waals surface area contributed by atoms with Crippen molar-refractivity contribution in [3.8, 4) is 0 Å². The Balaban J connectivity index is 0.00000178. The number of carbonyl (C=O) groups excluding carboxylic acids is 1. The van der Waals surface area contributed by atoms with Crippen molar-refractivity contribution in [2.75, 3.05) is 0 Å². The lowest BCUT2D eigenvalue weighted by molar-refractivity contribution is -0.671. The maximum atomic E-state index is 11.5. The Morgan fingerprint density at radius 3 is 2.48 bits per heavy atom. The minimum absolute atomic E-state index is 0.0754. The van der Waals surface area contributed by atoms with Crippen LogP contribution in [0.5, 0.6) is 0 Å². The van der Waals surface area contributed by atoms with Gasteiger partial charge in [-0.05, 0) is 12.8 Å². The standard InChI is InChI=1S/C18H31N2O2.CNS/c1-4-6-7-8-9-10-11-12-17(22-18(21)5-2)15-20-14-13-19(3)16-20;2-1-3/h5,13-14,16-17H,2,4,6-12,15H2,1,3H3;/q+1;-1. The van der Waals surface area contributed by atoms with E-state index in [9.17, 15) is 4.79 Å². The molecule has 1 aromatic heterocycles. The molecule has 0 N–H and O–H groups in total. The van der Waals surface area contributed by atoms with Crippen molar-refractivity contribution in [1.29, 1.82) is 0 Å². The van der Waals surface area contributed by atoms with Crippen LogP contribution in [0, 0.1) is 0 Å². The van der Waals surface area contributed by atoms with Gasteiger partial charge in [-0.1, -0.05) is 64.2 Å². The van der Waals surface area contributed by atoms with Crippen molar-refractivity contribution < 1.29 is 14.1 Å². The van der Waals surface area contributed by atoms with Gasteiger partial charge in [-0.2, -0.15) is 5.16 Å². The van der Waals surface area contributed by atoms with Gasteiger partial charge in [0.2, 0.25) is 6.33 Å². The van der Waals surface area contributed by atoms with E-state index >= 15 is 0 Å². The Labute approximate surface area is 157 Å². The predicted molar refractivity (Wildman–Crippen MR) is 104 cm³/mol. The fourth-order valence-corrected chi connectivity index (χ4v) is 2.57. The summed E-state index contributed by atoms with van der Waals surface area (Å²) in [5.41, 5.74) is 0. The van der Waals surface area contributed by atoms with Gasteiger partial charge in [0.05, 0.1) is 7.05 Å². The molecule has 0 spiro atoms. The Bertz CT molecular complexity index is 522. The third-order valence-electron chi connectivity index (χ3n) is 3.82. The topological polar surface area (TPSA) is 57.4 Å². The number of rotatable bonds is 12. The highest BCUT2D eigenvalue weighted by Gasteiger charge is 2.16. The van der Waals surface area contributed by atoms with E-state index in [1.807, 2.05) is 30.3 Å². The highest BCUT2D eigenvalue weighted by molar-refractivity contribution is 7.78. The average molecular weight is 366 g/mol. The van der Waals surface area contributed by atoms with Crippen molar-refractivity contribution >= 4 is 23.3 Å². The molecule has 1 rings (SSSR count). The number of unbranched alkanes of at least 4 members (excludes halogenated alkanes) is 6. The van der Waals surface area contributed by atoms with Crippen LogP contribution in [-0.4, -0.2) is 21.8 Å². The van der Waals surface area contributed by atoms with E-state index in [4.69, 9.17) is 10.1 Å². The summed E-state index contributed by atoms with van der Waals surface area (Å²) in [5, 5.41) is 8.47. The second kappa shape index (κ2) is 15.7. The van der Waals surface area contributed by atoms with Gasteiger partial charge in [0.15, 0.2) is 0 Å². The molecule has 0 aliphatic heterocycles. The van der Waals surface area contributed by atoms with Crippen LogP contribution < -0.4 is 4.57 Å². The Morgan fingerprint density at radius 1 is 1.36 bits per heavy atom. The van der Waals surface area contributed by atoms with Crippen molar-refractivity contribution in [1.82, 2.24) is 4.57 Å². The zero-order chi connectivity index (χ0) is 18.9. The maximum Gasteiger partial charge on any atom is 0.330 e. The molecule has 0 aliphatic rings. The first kappa shape index (κ1) is 23.2. The Hall–Kier alpha value is -1.78. The molecular weight excluding hydrogens is 334 g/mol. The molecule has 25 heavy (non-hydrogen) atoms. The van der Waals surface area contributed by atoms with Crippen molar-refractivity contribution in [2.45, 2.75) is 70.9 Å². The molecule has 0 amide bonds. The number of isothiocyanates is 1. The van der Waals surface area contributed by atoms with Gasteiger partial charge < -0.3 is 10.1 Å². The molecule has 140 valence electrons. The van der Waals surface area contributed by atoms with Crippen LogP contribution in [-0.2, 0) is 23.1 Å². The maximum absolute atomic E-state index is 11.5. The molecule has 1 unspecified atom stereocenters. The zero-order valence-corrected chi connectivity index (χ0v) is 16.3. The number of aromatic nitrogens is 2. The number of hydrogen-bond acceptors (Lipinski definition) is 3. The molecule has 0 aliphatic carbocycles. The number of imidazole rings is 1. The first-order valence-corrected chi connectivity index (χ1v) is 9.33. The second-order valence-corrected chi connectivity index (χ2v) is 6.22. The van der Waals surface area contributed by atoms with E-state index in [1.54, 1.807) is 0 Å². The van der Waals surface area contributed by atoms with Crippen LogP contribution in [0.3, 0.4) is 0 Å². The van der Waals surface area contributed by atoms with Crippen molar-refractivity contribution in [2.24, 2.45) is 7.05 Å². The summed E-state index contributed by atoms with van der Waals surface area (Å²) in [7, 11) is 1.98. The van der Waals surface area contributed by atoms with Gasteiger partial charge in [-0.25, -0.2) is 13.9 Å². The zero-order valence-electron chi connectivity index (χ0n) is 15.5. The summed E-state index contributed by atoms with van der Waals surface area (Å²) in [6.45, 7) is 6.42. The molecule has 6 heteroatoms. The summed E-state index contributed by atoms with van der Waals surface area (Å²) in [6.07, 6.45) is 16.9. The molecule has 0 fully saturated rings. The summed E-state index contributed by atoms with van der Waals surface area (Å²) in [6, 6.07) is 0. The van der Waals surface area contributed by atoms with E-state index in [2.05, 4.69) is 30.3 Å². The molecule has 0 bridgehead atoms. The molecule has 1 heterocycles. The summed E-state index contributed by atoms with van der Waals surface area (Å²) >= 11 is 3.70. The minimum atomic E-state index is -0.329. The molecule has 0 radical (unpaired) electrons. The Kier molecular flexibility index (Phi) is 14.6. The summed E-state index contributed by atoms with van der Waals surface area (Å²) < 4.78 is 9.51. The SMILES string of the molecule is C=CC(=O)OC(CCCCCCCCC)Cn1cc[n+](C)c1.[N-]=C=S. The number of thiocarbonyl (C=S) groups is 1. The average Bonchev–Trinajstić information content (AvgIpc) is 2.99. The summed E-state index contributed by atoms with van der Waals surface area (Å²) in [4.78, 5) is 11.5. The predicted octanol–water partition coefficient (Wildman–Crippen LogP) is 4.21. The monoisotopic (exact) mass is 365 g/mol. The number of hydrogen-bond donors (Lipinski definition) is 0. The number of esters is 1. The number of carbonyl (C=O) groups is 1. The normalized spacial score (nSPS) is 11.0. The molecule has 5 nitrogen and oxygen atoms in total. The quantitative estimate of drug-likeness (QED) is 0.139. The minimum Gasteiger partial charge on any atom is -0.753 e. The van der Waals surface area contributed by atoms with E-state index in [0.29, 0.717) is 6.54 Å². The second-order valence-electron chi connectivity index (χ2n) is 6.04. The van der Waals surface area contributed by atoms with E-state index in [-0.39, 0.29) is 12.1 Å². The molecule has 0 aromatic carbocycles. The molecular formula is C19H31N3O2S. The van der Waals surface area contributed by atoms with Crippen LogP contribution in [0.1, 0.15) is 58.3 Å². The van der Waals surface area contributed by atoms with Gasteiger partial charge in [0.25, 0.3) is 0 Å². The largest absolute Gasteiger partial charge is 0.753 e. The van der Waals surface area contributed by atoms with Crippen molar-refractivity contribution in [3.63, 3.8) is 0 Å². The highest BCUT2D eigenvalue weighted by Crippen LogP contribution is 2.13. The fraction of sp³-hybridized carbons (Fsp3) is 0.632. The lowest BCUT2D eigenvalue weighted by Gasteiger charge is -2.15. The van der Waals surface area contributed by atoms with Gasteiger partial charge in [-0.3, -0.25) is 0 Å². The third kappa shape index (κ3) is 13.2. The number of ether oxygens (including phenoxy) is 1. The van der Waals surface area contributed by atoms with Gasteiger partial charge >= 0.3 is 5.97 Å².